The van der Waals surface area contributed by atoms with E-state index in [1.165, 1.54) is 14.0 Å². The van der Waals surface area contributed by atoms with E-state index in [1.807, 2.05) is 19.1 Å². The number of ether oxygens (including phenoxy) is 1. The van der Waals surface area contributed by atoms with E-state index in [9.17, 15) is 13.2 Å². The maximum absolute atomic E-state index is 12.7. The summed E-state index contributed by atoms with van der Waals surface area (Å²) in [7, 11) is -2.28. The first-order chi connectivity index (χ1) is 12.6. The summed E-state index contributed by atoms with van der Waals surface area (Å²) in [4.78, 5) is 12.7. The quantitative estimate of drug-likeness (QED) is 0.760. The van der Waals surface area contributed by atoms with Gasteiger partial charge < -0.3 is 10.1 Å². The second-order valence-corrected chi connectivity index (χ2v) is 8.49. The number of nitrogens with zero attached hydrogens (tertiary/aromatic N) is 1. The van der Waals surface area contributed by atoms with E-state index >= 15 is 0 Å². The molecule has 0 spiro atoms. The Morgan fingerprint density at radius 3 is 2.52 bits per heavy atom. The minimum absolute atomic E-state index is 0.200. The van der Waals surface area contributed by atoms with Gasteiger partial charge in [0.1, 0.15) is 11.8 Å². The molecule has 0 aromatic heterocycles. The Hall–Kier alpha value is -2.25. The second-order valence-electron chi connectivity index (χ2n) is 6.22. The molecule has 1 atom stereocenters. The second kappa shape index (κ2) is 8.63. The fourth-order valence-electron chi connectivity index (χ4n) is 2.73. The molecule has 0 radical (unpaired) electrons. The zero-order valence-corrected chi connectivity index (χ0v) is 17.3. The molecule has 2 aromatic carbocycles. The number of carbonyl (C=O) groups excluding carboxylic acids is 1. The van der Waals surface area contributed by atoms with Crippen molar-refractivity contribution >= 4 is 33.2 Å². The number of anilines is 1. The molecule has 0 aliphatic carbocycles. The summed E-state index contributed by atoms with van der Waals surface area (Å²) >= 11 is 6.10. The lowest BCUT2D eigenvalue weighted by Gasteiger charge is -2.29. The molecule has 0 aliphatic heterocycles. The Kier molecular flexibility index (Phi) is 6.73. The smallest absolute Gasteiger partial charge is 0.243 e. The Balaban J connectivity index is 2.30. The van der Waals surface area contributed by atoms with E-state index in [0.29, 0.717) is 16.5 Å². The Bertz CT molecular complexity index is 931. The number of aryl methyl sites for hydroxylation is 1. The Morgan fingerprint density at radius 2 is 1.93 bits per heavy atom. The first-order valence-electron chi connectivity index (χ1n) is 8.30. The number of rotatable bonds is 7. The predicted molar refractivity (Wildman–Crippen MR) is 108 cm³/mol. The number of nitrogens with one attached hydrogen (secondary N) is 1. The van der Waals surface area contributed by atoms with Crippen LogP contribution in [0.2, 0.25) is 5.02 Å². The van der Waals surface area contributed by atoms with Crippen LogP contribution in [-0.2, 0) is 21.4 Å². The third kappa shape index (κ3) is 5.14. The zero-order valence-electron chi connectivity index (χ0n) is 15.7. The van der Waals surface area contributed by atoms with Gasteiger partial charge in [0.25, 0.3) is 0 Å². The number of carbonyl (C=O) groups is 1. The van der Waals surface area contributed by atoms with Crippen molar-refractivity contribution in [2.24, 2.45) is 0 Å². The van der Waals surface area contributed by atoms with Gasteiger partial charge in [0, 0.05) is 11.6 Å². The van der Waals surface area contributed by atoms with E-state index in [4.69, 9.17) is 16.3 Å². The van der Waals surface area contributed by atoms with Crippen LogP contribution in [0.1, 0.15) is 18.1 Å². The summed E-state index contributed by atoms with van der Waals surface area (Å²) < 4.78 is 31.3. The molecule has 0 saturated carbocycles. The molecule has 2 aromatic rings. The number of benzene rings is 2. The standard InChI is InChI=1S/C19H23ClN2O4S/c1-13-9-10-18(26-3)17(11-13)22(27(4,24)25)14(2)19(23)21-12-15-7-5-6-8-16(15)20/h5-11,14H,12H2,1-4H3,(H,21,23)/t14-/m1/s1. The van der Waals surface area contributed by atoms with Gasteiger partial charge in [-0.15, -0.1) is 0 Å². The van der Waals surface area contributed by atoms with E-state index in [2.05, 4.69) is 5.32 Å². The normalized spacial score (nSPS) is 12.3. The van der Waals surface area contributed by atoms with Gasteiger partial charge in [-0.05, 0) is 43.2 Å². The van der Waals surface area contributed by atoms with Crippen LogP contribution in [-0.4, -0.2) is 33.7 Å². The van der Waals surface area contributed by atoms with Crippen LogP contribution >= 0.6 is 11.6 Å². The molecule has 0 unspecified atom stereocenters. The van der Waals surface area contributed by atoms with E-state index < -0.39 is 22.0 Å². The van der Waals surface area contributed by atoms with Gasteiger partial charge in [-0.25, -0.2) is 8.42 Å². The molecule has 6 nitrogen and oxygen atoms in total. The SMILES string of the molecule is COc1ccc(C)cc1N([C@H](C)C(=O)NCc1ccccc1Cl)S(C)(=O)=O. The van der Waals surface area contributed by atoms with Crippen LogP contribution in [0.25, 0.3) is 0 Å². The first-order valence-corrected chi connectivity index (χ1v) is 10.5. The first kappa shape index (κ1) is 21.1. The number of amides is 1. The number of sulfonamides is 1. The molecule has 2 rings (SSSR count). The van der Waals surface area contributed by atoms with Crippen LogP contribution in [0.4, 0.5) is 5.69 Å². The molecule has 0 aliphatic rings. The summed E-state index contributed by atoms with van der Waals surface area (Å²) in [6.07, 6.45) is 1.06. The van der Waals surface area contributed by atoms with Gasteiger partial charge in [-0.2, -0.15) is 0 Å². The molecule has 0 saturated heterocycles. The lowest BCUT2D eigenvalue weighted by atomic mass is 10.1. The van der Waals surface area contributed by atoms with Gasteiger partial charge in [0.15, 0.2) is 0 Å². The maximum atomic E-state index is 12.7. The van der Waals surface area contributed by atoms with Crippen LogP contribution < -0.4 is 14.4 Å². The average molecular weight is 411 g/mol. The highest BCUT2D eigenvalue weighted by Gasteiger charge is 2.31. The Morgan fingerprint density at radius 1 is 1.26 bits per heavy atom. The van der Waals surface area contributed by atoms with Crippen molar-refractivity contribution in [3.8, 4) is 5.75 Å². The number of methoxy groups -OCH3 is 1. The molecular formula is C19H23ClN2O4S. The molecule has 0 heterocycles. The number of halogens is 1. The largest absolute Gasteiger partial charge is 0.495 e. The average Bonchev–Trinajstić information content (AvgIpc) is 2.60. The zero-order chi connectivity index (χ0) is 20.2. The fraction of sp³-hybridized carbons (Fsp3) is 0.316. The van der Waals surface area contributed by atoms with Crippen LogP contribution in [0.15, 0.2) is 42.5 Å². The molecule has 0 bridgehead atoms. The van der Waals surface area contributed by atoms with Crippen molar-refractivity contribution in [2.75, 3.05) is 17.7 Å². The highest BCUT2D eigenvalue weighted by Crippen LogP contribution is 2.32. The highest BCUT2D eigenvalue weighted by atomic mass is 35.5. The summed E-state index contributed by atoms with van der Waals surface area (Å²) in [6.45, 7) is 3.57. The highest BCUT2D eigenvalue weighted by molar-refractivity contribution is 7.92. The lowest BCUT2D eigenvalue weighted by molar-refractivity contribution is -0.122. The monoisotopic (exact) mass is 410 g/mol. The summed E-state index contributed by atoms with van der Waals surface area (Å²) in [5, 5.41) is 3.28. The molecule has 0 fully saturated rings. The van der Waals surface area contributed by atoms with Gasteiger partial charge in [0.05, 0.1) is 19.1 Å². The van der Waals surface area contributed by atoms with Crippen molar-refractivity contribution in [2.45, 2.75) is 26.4 Å². The maximum Gasteiger partial charge on any atom is 0.243 e. The van der Waals surface area contributed by atoms with Crippen LogP contribution in [0.3, 0.4) is 0 Å². The molecule has 146 valence electrons. The van der Waals surface area contributed by atoms with Gasteiger partial charge >= 0.3 is 0 Å². The van der Waals surface area contributed by atoms with Gasteiger partial charge in [-0.1, -0.05) is 35.9 Å². The Labute approximate surface area is 165 Å². The van der Waals surface area contributed by atoms with Crippen LogP contribution in [0, 0.1) is 6.92 Å². The topological polar surface area (TPSA) is 75.7 Å². The summed E-state index contributed by atoms with van der Waals surface area (Å²) in [6, 6.07) is 11.3. The lowest BCUT2D eigenvalue weighted by Crippen LogP contribution is -2.47. The molecule has 1 amide bonds. The third-order valence-corrected chi connectivity index (χ3v) is 5.67. The molecule has 27 heavy (non-hydrogen) atoms. The van der Waals surface area contributed by atoms with Crippen LogP contribution in [0.5, 0.6) is 5.75 Å². The van der Waals surface area contributed by atoms with Crippen molar-refractivity contribution in [1.82, 2.24) is 5.32 Å². The van der Waals surface area contributed by atoms with Gasteiger partial charge in [-0.3, -0.25) is 9.10 Å². The summed E-state index contributed by atoms with van der Waals surface area (Å²) in [5.74, 6) is -0.0688. The predicted octanol–water partition coefficient (Wildman–Crippen LogP) is 3.13. The minimum Gasteiger partial charge on any atom is -0.495 e. The minimum atomic E-state index is -3.74. The van der Waals surface area contributed by atoms with Crippen molar-refractivity contribution < 1.29 is 17.9 Å². The number of hydrogen-bond acceptors (Lipinski definition) is 4. The van der Waals surface area contributed by atoms with Crippen molar-refractivity contribution in [3.05, 3.63) is 58.6 Å². The fourth-order valence-corrected chi connectivity index (χ4v) is 4.10. The van der Waals surface area contributed by atoms with E-state index in [1.54, 1.807) is 30.3 Å². The third-order valence-electron chi connectivity index (χ3n) is 4.07. The molecule has 8 heteroatoms. The number of hydrogen-bond donors (Lipinski definition) is 1. The van der Waals surface area contributed by atoms with Crippen molar-refractivity contribution in [1.29, 1.82) is 0 Å². The van der Waals surface area contributed by atoms with Crippen molar-refractivity contribution in [3.63, 3.8) is 0 Å². The molecular weight excluding hydrogens is 388 g/mol. The van der Waals surface area contributed by atoms with E-state index in [-0.39, 0.29) is 6.54 Å². The van der Waals surface area contributed by atoms with E-state index in [0.717, 1.165) is 21.7 Å². The molecule has 1 N–H and O–H groups in total. The summed E-state index contributed by atoms with van der Waals surface area (Å²) in [5.41, 5.74) is 1.92. The van der Waals surface area contributed by atoms with Gasteiger partial charge in [0.2, 0.25) is 15.9 Å².